The van der Waals surface area contributed by atoms with Crippen molar-refractivity contribution in [2.45, 2.75) is 19.8 Å². The molecule has 0 amide bonds. The Balaban J connectivity index is 0.000000855. The maximum atomic E-state index is 8.36. The van der Waals surface area contributed by atoms with Gasteiger partial charge in [0.05, 0.1) is 6.16 Å². The molecule has 0 bridgehead atoms. The monoisotopic (exact) mass is 400 g/mol. The van der Waals surface area contributed by atoms with Gasteiger partial charge in [0.1, 0.15) is 23.2 Å². The van der Waals surface area contributed by atoms with Gasteiger partial charge in [-0.3, -0.25) is 4.79 Å². The van der Waals surface area contributed by atoms with Crippen LogP contribution < -0.4 is 28.3 Å². The van der Waals surface area contributed by atoms with Gasteiger partial charge in [0.2, 0.25) is 0 Å². The van der Waals surface area contributed by atoms with E-state index in [9.17, 15) is 0 Å². The van der Waals surface area contributed by atoms with E-state index < -0.39 is 7.26 Å². The highest BCUT2D eigenvalue weighted by molar-refractivity contribution is 7.95. The lowest BCUT2D eigenvalue weighted by atomic mass is 10.3. The minimum atomic E-state index is -1.57. The van der Waals surface area contributed by atoms with Crippen LogP contribution in [-0.4, -0.2) is 17.7 Å². The zero-order valence-corrected chi connectivity index (χ0v) is 17.2. The fourth-order valence-electron chi connectivity index (χ4n) is 3.28. The fourth-order valence-corrected chi connectivity index (χ4v) is 7.78. The molecule has 1 N–H and O–H groups in total. The van der Waals surface area contributed by atoms with Crippen LogP contribution in [0.1, 0.15) is 19.8 Å². The minimum Gasteiger partial charge on any atom is -1.00 e. The fraction of sp³-hybridized carbons (Fsp3) is 0.174. The van der Waals surface area contributed by atoms with Crippen LogP contribution in [0.4, 0.5) is 0 Å². The van der Waals surface area contributed by atoms with Crippen LogP contribution in [0.3, 0.4) is 0 Å². The van der Waals surface area contributed by atoms with Crippen molar-refractivity contribution in [1.82, 2.24) is 0 Å². The Kier molecular flexibility index (Phi) is 10.4. The van der Waals surface area contributed by atoms with Crippen molar-refractivity contribution in [3.8, 4) is 0 Å². The van der Waals surface area contributed by atoms with Crippen molar-refractivity contribution >= 4 is 29.6 Å². The first-order valence-electron chi connectivity index (χ1n) is 8.92. The van der Waals surface area contributed by atoms with Crippen molar-refractivity contribution in [3.63, 3.8) is 0 Å². The number of carboxylic acid groups (broad SMARTS) is 1. The number of carbonyl (C=O) groups is 1. The first kappa shape index (κ1) is 22.9. The molecule has 0 atom stereocenters. The van der Waals surface area contributed by atoms with Crippen LogP contribution in [-0.2, 0) is 4.79 Å². The third-order valence-corrected chi connectivity index (χ3v) is 8.96. The molecule has 142 valence electrons. The molecule has 0 aliphatic heterocycles. The van der Waals surface area contributed by atoms with Crippen molar-refractivity contribution in [2.75, 3.05) is 6.16 Å². The molecular formula is C23H26ClO2P. The van der Waals surface area contributed by atoms with E-state index in [-0.39, 0.29) is 18.9 Å². The predicted octanol–water partition coefficient (Wildman–Crippen LogP) is 1.49. The Morgan fingerprint density at radius 1 is 0.741 bits per heavy atom. The van der Waals surface area contributed by atoms with Gasteiger partial charge in [0.15, 0.2) is 0 Å². The van der Waals surface area contributed by atoms with Crippen molar-refractivity contribution in [3.05, 3.63) is 91.0 Å². The molecule has 3 aromatic rings. The second-order valence-corrected chi connectivity index (χ2v) is 9.61. The second-order valence-electron chi connectivity index (χ2n) is 6.00. The molecule has 0 aliphatic rings. The lowest BCUT2D eigenvalue weighted by Crippen LogP contribution is -3.00. The SMILES string of the molecule is CCCC[P+](c1ccccc1)(c1ccccc1)c1ccccc1.O=CO.[Cl-]. The van der Waals surface area contributed by atoms with Crippen LogP contribution in [0.5, 0.6) is 0 Å². The molecule has 0 aliphatic carbocycles. The summed E-state index contributed by atoms with van der Waals surface area (Å²) < 4.78 is 0. The summed E-state index contributed by atoms with van der Waals surface area (Å²) in [5.74, 6) is 0. The minimum absolute atomic E-state index is 0. The Hall–Kier alpha value is -2.15. The molecule has 2 nitrogen and oxygen atoms in total. The largest absolute Gasteiger partial charge is 1.00 e. The Labute approximate surface area is 169 Å². The average Bonchev–Trinajstić information content (AvgIpc) is 2.72. The van der Waals surface area contributed by atoms with E-state index in [1.54, 1.807) is 0 Å². The quantitative estimate of drug-likeness (QED) is 0.503. The number of rotatable bonds is 6. The number of hydrogen-bond acceptors (Lipinski definition) is 1. The summed E-state index contributed by atoms with van der Waals surface area (Å²) in [5.41, 5.74) is 0. The van der Waals surface area contributed by atoms with E-state index in [0.29, 0.717) is 0 Å². The molecule has 4 heteroatoms. The number of benzene rings is 3. The van der Waals surface area contributed by atoms with Crippen LogP contribution in [0.2, 0.25) is 0 Å². The topological polar surface area (TPSA) is 37.3 Å². The van der Waals surface area contributed by atoms with Gasteiger partial charge in [-0.15, -0.1) is 0 Å². The summed E-state index contributed by atoms with van der Waals surface area (Å²) >= 11 is 0. The highest BCUT2D eigenvalue weighted by Gasteiger charge is 2.44. The van der Waals surface area contributed by atoms with Gasteiger partial charge in [0.25, 0.3) is 6.47 Å². The highest BCUT2D eigenvalue weighted by atomic mass is 35.5. The Morgan fingerprint density at radius 3 is 1.30 bits per heavy atom. The van der Waals surface area contributed by atoms with Gasteiger partial charge in [-0.2, -0.15) is 0 Å². The zero-order valence-electron chi connectivity index (χ0n) is 15.5. The van der Waals surface area contributed by atoms with Crippen LogP contribution in [0.15, 0.2) is 91.0 Å². The van der Waals surface area contributed by atoms with Crippen molar-refractivity contribution in [2.24, 2.45) is 0 Å². The molecule has 0 saturated heterocycles. The summed E-state index contributed by atoms with van der Waals surface area (Å²) in [7, 11) is -1.57. The van der Waals surface area contributed by atoms with Crippen LogP contribution >= 0.6 is 7.26 Å². The highest BCUT2D eigenvalue weighted by Crippen LogP contribution is 2.55. The summed E-state index contributed by atoms with van der Waals surface area (Å²) in [6.45, 7) is 2.04. The maximum Gasteiger partial charge on any atom is 0.290 e. The van der Waals surface area contributed by atoms with Crippen molar-refractivity contribution in [1.29, 1.82) is 0 Å². The lowest BCUT2D eigenvalue weighted by Gasteiger charge is -2.27. The molecule has 0 heterocycles. The number of unbranched alkanes of at least 4 members (excludes halogenated alkanes) is 1. The average molecular weight is 401 g/mol. The molecule has 3 aromatic carbocycles. The van der Waals surface area contributed by atoms with Crippen LogP contribution in [0.25, 0.3) is 0 Å². The summed E-state index contributed by atoms with van der Waals surface area (Å²) in [6, 6.07) is 33.4. The molecule has 0 radical (unpaired) electrons. The molecular weight excluding hydrogens is 375 g/mol. The van der Waals surface area contributed by atoms with Gasteiger partial charge in [-0.05, 0) is 42.8 Å². The van der Waals surface area contributed by atoms with Crippen LogP contribution in [0, 0.1) is 0 Å². The van der Waals surface area contributed by atoms with E-state index in [1.807, 2.05) is 0 Å². The van der Waals surface area contributed by atoms with Gasteiger partial charge in [0, 0.05) is 0 Å². The van der Waals surface area contributed by atoms with Gasteiger partial charge < -0.3 is 17.5 Å². The van der Waals surface area contributed by atoms with E-state index in [1.165, 1.54) is 34.9 Å². The predicted molar refractivity (Wildman–Crippen MR) is 114 cm³/mol. The normalized spacial score (nSPS) is 10.1. The molecule has 0 aromatic heterocycles. The second kappa shape index (κ2) is 12.3. The molecule has 3 rings (SSSR count). The number of halogens is 1. The van der Waals surface area contributed by atoms with Gasteiger partial charge in [-0.25, -0.2) is 0 Å². The van der Waals surface area contributed by atoms with E-state index in [2.05, 4.69) is 97.9 Å². The Bertz CT molecular complexity index is 667. The maximum absolute atomic E-state index is 8.36. The summed E-state index contributed by atoms with van der Waals surface area (Å²) in [5, 5.41) is 11.4. The smallest absolute Gasteiger partial charge is 0.290 e. The number of hydrogen-bond donors (Lipinski definition) is 1. The lowest BCUT2D eigenvalue weighted by molar-refractivity contribution is -0.122. The first-order chi connectivity index (χ1) is 12.8. The summed E-state index contributed by atoms with van der Waals surface area (Å²) in [4.78, 5) is 8.36. The van der Waals surface area contributed by atoms with E-state index >= 15 is 0 Å². The van der Waals surface area contributed by atoms with Crippen molar-refractivity contribution < 1.29 is 22.3 Å². The first-order valence-corrected chi connectivity index (χ1v) is 10.9. The van der Waals surface area contributed by atoms with E-state index in [0.717, 1.165) is 0 Å². The molecule has 0 unspecified atom stereocenters. The van der Waals surface area contributed by atoms with Gasteiger partial charge >= 0.3 is 0 Å². The Morgan fingerprint density at radius 2 is 1.04 bits per heavy atom. The molecule has 0 saturated carbocycles. The molecule has 27 heavy (non-hydrogen) atoms. The molecule has 0 fully saturated rings. The molecule has 0 spiro atoms. The third kappa shape index (κ3) is 5.66. The third-order valence-electron chi connectivity index (χ3n) is 4.44. The van der Waals surface area contributed by atoms with Gasteiger partial charge in [-0.1, -0.05) is 67.9 Å². The standard InChI is InChI=1S/C22H24P.CH2O2.ClH/c1-2-3-19-23(20-13-7-4-8-14-20,21-15-9-5-10-16-21)22-17-11-6-12-18-22;2-1-3;/h4-18H,2-3,19H2,1H3;1H,(H,2,3);1H/q+1;;/p-1. The van der Waals surface area contributed by atoms with E-state index in [4.69, 9.17) is 9.90 Å². The summed E-state index contributed by atoms with van der Waals surface area (Å²) in [6.07, 6.45) is 3.72. The zero-order chi connectivity index (χ0) is 18.7.